The molecule has 1 heterocycles. The van der Waals surface area contributed by atoms with Crippen LogP contribution in [-0.2, 0) is 4.79 Å². The number of likely N-dealkylation sites (tertiary alicyclic amines) is 1. The summed E-state index contributed by atoms with van der Waals surface area (Å²) >= 11 is 0. The van der Waals surface area contributed by atoms with Crippen molar-refractivity contribution in [2.75, 3.05) is 6.54 Å². The lowest BCUT2D eigenvalue weighted by molar-refractivity contribution is -0.138. The lowest BCUT2D eigenvalue weighted by atomic mass is 9.81. The van der Waals surface area contributed by atoms with Gasteiger partial charge < -0.3 is 10.6 Å². The van der Waals surface area contributed by atoms with Crippen molar-refractivity contribution < 1.29 is 18.0 Å². The monoisotopic (exact) mass is 322 g/mol. The van der Waals surface area contributed by atoms with Gasteiger partial charge in [-0.05, 0) is 31.9 Å². The molecule has 1 aliphatic rings. The van der Waals surface area contributed by atoms with E-state index in [1.54, 1.807) is 13.8 Å². The minimum absolute atomic E-state index is 0. The lowest BCUT2D eigenvalue weighted by Crippen LogP contribution is -2.55. The summed E-state index contributed by atoms with van der Waals surface area (Å²) in [4.78, 5) is 13.4. The molecule has 1 aromatic rings. The molecule has 118 valence electrons. The van der Waals surface area contributed by atoms with Crippen molar-refractivity contribution >= 4 is 18.3 Å². The van der Waals surface area contributed by atoms with Crippen molar-refractivity contribution in [1.29, 1.82) is 0 Å². The molecule has 3 nitrogen and oxygen atoms in total. The largest absolute Gasteiger partial charge is 0.338 e. The van der Waals surface area contributed by atoms with Crippen molar-refractivity contribution in [3.8, 4) is 0 Å². The van der Waals surface area contributed by atoms with Crippen LogP contribution in [0.15, 0.2) is 12.1 Å². The molecule has 2 rings (SSSR count). The highest BCUT2D eigenvalue weighted by Gasteiger charge is 2.39. The Balaban J connectivity index is 0.00000220. The van der Waals surface area contributed by atoms with Gasteiger partial charge in [0, 0.05) is 24.6 Å². The molecule has 2 N–H and O–H groups in total. The van der Waals surface area contributed by atoms with E-state index < -0.39 is 29.4 Å². The summed E-state index contributed by atoms with van der Waals surface area (Å²) in [7, 11) is 0. The van der Waals surface area contributed by atoms with E-state index in [2.05, 4.69) is 0 Å². The average Bonchev–Trinajstić information content (AvgIpc) is 2.39. The molecular formula is C14H18ClF3N2O. The van der Waals surface area contributed by atoms with E-state index in [1.165, 1.54) is 4.90 Å². The number of carbonyl (C=O) groups excluding carboxylic acids is 1. The zero-order valence-corrected chi connectivity index (χ0v) is 12.6. The first-order valence-electron chi connectivity index (χ1n) is 6.57. The lowest BCUT2D eigenvalue weighted by Gasteiger charge is -2.41. The van der Waals surface area contributed by atoms with Gasteiger partial charge in [0.2, 0.25) is 5.91 Å². The zero-order valence-electron chi connectivity index (χ0n) is 11.8. The van der Waals surface area contributed by atoms with Crippen LogP contribution in [0.3, 0.4) is 0 Å². The third-order valence-corrected chi connectivity index (χ3v) is 3.94. The molecule has 1 amide bonds. The van der Waals surface area contributed by atoms with Crippen molar-refractivity contribution in [2.45, 2.75) is 38.3 Å². The third-order valence-electron chi connectivity index (χ3n) is 3.94. The first-order valence-corrected chi connectivity index (χ1v) is 6.57. The molecule has 1 aromatic carbocycles. The summed E-state index contributed by atoms with van der Waals surface area (Å²) in [6.07, 6.45) is 0.177. The Morgan fingerprint density at radius 1 is 1.33 bits per heavy atom. The van der Waals surface area contributed by atoms with E-state index in [4.69, 9.17) is 5.73 Å². The number of hydrogen-bond acceptors (Lipinski definition) is 2. The maximum atomic E-state index is 13.9. The zero-order chi connectivity index (χ0) is 15.0. The molecule has 0 aliphatic carbocycles. The van der Waals surface area contributed by atoms with Crippen LogP contribution in [0.4, 0.5) is 13.2 Å². The summed E-state index contributed by atoms with van der Waals surface area (Å²) < 4.78 is 40.6. The summed E-state index contributed by atoms with van der Waals surface area (Å²) in [5, 5.41) is 0. The Morgan fingerprint density at radius 3 is 2.52 bits per heavy atom. The summed E-state index contributed by atoms with van der Waals surface area (Å²) in [5.74, 6) is -3.86. The van der Waals surface area contributed by atoms with Crippen LogP contribution in [0.25, 0.3) is 0 Å². The third kappa shape index (κ3) is 3.16. The molecule has 0 bridgehead atoms. The number of hydrogen-bond donors (Lipinski definition) is 1. The Labute approximate surface area is 127 Å². The second kappa shape index (κ2) is 6.66. The SMILES string of the molecule is CCN1C(=O)[C@@H](N)C[C@@H](c2cc(F)cc(F)c2F)[C@H]1C.Cl. The van der Waals surface area contributed by atoms with Gasteiger partial charge in [0.15, 0.2) is 11.6 Å². The van der Waals surface area contributed by atoms with Crippen LogP contribution < -0.4 is 5.73 Å². The van der Waals surface area contributed by atoms with Gasteiger partial charge in [-0.15, -0.1) is 12.4 Å². The molecule has 3 atom stereocenters. The van der Waals surface area contributed by atoms with E-state index in [0.717, 1.165) is 6.07 Å². The molecule has 7 heteroatoms. The fourth-order valence-corrected chi connectivity index (χ4v) is 2.88. The minimum atomic E-state index is -1.22. The van der Waals surface area contributed by atoms with Gasteiger partial charge >= 0.3 is 0 Å². The normalized spacial score (nSPS) is 25.7. The second-order valence-corrected chi connectivity index (χ2v) is 5.10. The van der Waals surface area contributed by atoms with Gasteiger partial charge in [0.25, 0.3) is 0 Å². The van der Waals surface area contributed by atoms with Gasteiger partial charge in [0.05, 0.1) is 6.04 Å². The Kier molecular flexibility index (Phi) is 5.64. The molecule has 0 saturated carbocycles. The van der Waals surface area contributed by atoms with Crippen LogP contribution in [0.1, 0.15) is 31.7 Å². The van der Waals surface area contributed by atoms with Crippen LogP contribution in [0.5, 0.6) is 0 Å². The summed E-state index contributed by atoms with van der Waals surface area (Å²) in [6, 6.07) is 0.357. The van der Waals surface area contributed by atoms with Crippen LogP contribution in [-0.4, -0.2) is 29.4 Å². The second-order valence-electron chi connectivity index (χ2n) is 5.10. The average molecular weight is 323 g/mol. The molecule has 1 saturated heterocycles. The fraction of sp³-hybridized carbons (Fsp3) is 0.500. The number of nitrogens with zero attached hydrogens (tertiary/aromatic N) is 1. The molecule has 0 unspecified atom stereocenters. The van der Waals surface area contributed by atoms with Crippen molar-refractivity contribution in [1.82, 2.24) is 4.90 Å². The highest BCUT2D eigenvalue weighted by Crippen LogP contribution is 2.35. The Bertz CT molecular complexity index is 541. The van der Waals surface area contributed by atoms with Crippen molar-refractivity contribution in [3.63, 3.8) is 0 Å². The van der Waals surface area contributed by atoms with Crippen LogP contribution in [0, 0.1) is 17.5 Å². The van der Waals surface area contributed by atoms with E-state index >= 15 is 0 Å². The molecular weight excluding hydrogens is 305 g/mol. The van der Waals surface area contributed by atoms with E-state index in [9.17, 15) is 18.0 Å². The fourth-order valence-electron chi connectivity index (χ4n) is 2.88. The number of likely N-dealkylation sites (N-methyl/N-ethyl adjacent to an activating group) is 1. The first kappa shape index (κ1) is 17.8. The molecule has 1 fully saturated rings. The number of rotatable bonds is 2. The maximum Gasteiger partial charge on any atom is 0.239 e. The quantitative estimate of drug-likeness (QED) is 0.851. The van der Waals surface area contributed by atoms with E-state index in [0.29, 0.717) is 12.6 Å². The van der Waals surface area contributed by atoms with Gasteiger partial charge in [-0.3, -0.25) is 4.79 Å². The van der Waals surface area contributed by atoms with Crippen molar-refractivity contribution in [3.05, 3.63) is 35.1 Å². The number of piperidine rings is 1. The van der Waals surface area contributed by atoms with Crippen molar-refractivity contribution in [2.24, 2.45) is 5.73 Å². The van der Waals surface area contributed by atoms with E-state index in [-0.39, 0.29) is 36.3 Å². The number of carbonyl (C=O) groups is 1. The van der Waals surface area contributed by atoms with Crippen LogP contribution in [0.2, 0.25) is 0 Å². The summed E-state index contributed by atoms with van der Waals surface area (Å²) in [5.41, 5.74) is 5.70. The minimum Gasteiger partial charge on any atom is -0.338 e. The number of nitrogens with two attached hydrogens (primary N) is 1. The number of benzene rings is 1. The van der Waals surface area contributed by atoms with E-state index in [1.807, 2.05) is 0 Å². The molecule has 1 aliphatic heterocycles. The highest BCUT2D eigenvalue weighted by molar-refractivity contribution is 5.85. The predicted octanol–water partition coefficient (Wildman–Crippen LogP) is 2.58. The number of halogens is 4. The summed E-state index contributed by atoms with van der Waals surface area (Å²) in [6.45, 7) is 3.94. The number of amides is 1. The predicted molar refractivity (Wildman–Crippen MR) is 75.7 cm³/mol. The van der Waals surface area contributed by atoms with Gasteiger partial charge in [-0.1, -0.05) is 0 Å². The molecule has 0 radical (unpaired) electrons. The maximum absolute atomic E-state index is 13.9. The van der Waals surface area contributed by atoms with Gasteiger partial charge in [-0.2, -0.15) is 0 Å². The Hall–Kier alpha value is -1.27. The smallest absolute Gasteiger partial charge is 0.239 e. The molecule has 21 heavy (non-hydrogen) atoms. The molecule has 0 aromatic heterocycles. The Morgan fingerprint density at radius 2 is 1.95 bits per heavy atom. The molecule has 0 spiro atoms. The van der Waals surface area contributed by atoms with Gasteiger partial charge in [-0.25, -0.2) is 13.2 Å². The highest BCUT2D eigenvalue weighted by atomic mass is 35.5. The van der Waals surface area contributed by atoms with Gasteiger partial charge in [0.1, 0.15) is 5.82 Å². The van der Waals surface area contributed by atoms with Crippen LogP contribution >= 0.6 is 12.4 Å². The first-order chi connectivity index (χ1) is 9.36. The topological polar surface area (TPSA) is 46.3 Å². The standard InChI is InChI=1S/C14H17F3N2O.ClH/c1-3-19-7(2)9(6-12(18)14(19)20)10-4-8(15)5-11(16)13(10)17;/h4-5,7,9,12H,3,6,18H2,1-2H3;1H/t7-,9-,12+;/m1./s1.